The molecule has 0 spiro atoms. The van der Waals surface area contributed by atoms with Crippen molar-refractivity contribution in [2.75, 3.05) is 12.3 Å². The highest BCUT2D eigenvalue weighted by molar-refractivity contribution is 7.90. The van der Waals surface area contributed by atoms with Crippen molar-refractivity contribution in [2.24, 2.45) is 0 Å². The summed E-state index contributed by atoms with van der Waals surface area (Å²) in [6, 6.07) is 9.12. The second-order valence-electron chi connectivity index (χ2n) is 5.56. The molecule has 0 aliphatic heterocycles. The van der Waals surface area contributed by atoms with Gasteiger partial charge in [-0.2, -0.15) is 0 Å². The normalized spacial score (nSPS) is 11.4. The second kappa shape index (κ2) is 8.39. The number of rotatable bonds is 8. The summed E-state index contributed by atoms with van der Waals surface area (Å²) in [5.41, 5.74) is 1.51. The van der Waals surface area contributed by atoms with E-state index in [2.05, 4.69) is 10.3 Å². The van der Waals surface area contributed by atoms with E-state index in [1.165, 1.54) is 11.3 Å². The Hall–Kier alpha value is -1.73. The zero-order valence-corrected chi connectivity index (χ0v) is 15.5. The van der Waals surface area contributed by atoms with Gasteiger partial charge in [0.05, 0.1) is 22.2 Å². The average molecular weight is 367 g/mol. The fourth-order valence-electron chi connectivity index (χ4n) is 2.29. The van der Waals surface area contributed by atoms with Gasteiger partial charge in [-0.25, -0.2) is 13.4 Å². The monoisotopic (exact) mass is 366 g/mol. The maximum absolute atomic E-state index is 12.1. The van der Waals surface area contributed by atoms with Gasteiger partial charge in [0.1, 0.15) is 4.88 Å². The van der Waals surface area contributed by atoms with Gasteiger partial charge in [-0.15, -0.1) is 11.3 Å². The fraction of sp³-hybridized carbons (Fsp3) is 0.412. The molecule has 1 heterocycles. The van der Waals surface area contributed by atoms with Gasteiger partial charge in [-0.1, -0.05) is 37.3 Å². The van der Waals surface area contributed by atoms with E-state index >= 15 is 0 Å². The van der Waals surface area contributed by atoms with Crippen LogP contribution in [0.5, 0.6) is 0 Å². The molecule has 0 radical (unpaired) electrons. The number of aryl methyl sites for hydroxylation is 2. The van der Waals surface area contributed by atoms with Crippen LogP contribution < -0.4 is 5.32 Å². The van der Waals surface area contributed by atoms with Crippen LogP contribution in [-0.4, -0.2) is 31.6 Å². The zero-order chi connectivity index (χ0) is 17.6. The molecule has 1 N–H and O–H groups in total. The third kappa shape index (κ3) is 5.42. The Morgan fingerprint density at radius 1 is 1.25 bits per heavy atom. The zero-order valence-electron chi connectivity index (χ0n) is 13.9. The largest absolute Gasteiger partial charge is 0.351 e. The highest BCUT2D eigenvalue weighted by atomic mass is 32.2. The third-order valence-corrected chi connectivity index (χ3v) is 6.48. The van der Waals surface area contributed by atoms with Crippen LogP contribution >= 0.6 is 11.3 Å². The molecule has 2 aromatic rings. The van der Waals surface area contributed by atoms with Gasteiger partial charge in [0.15, 0.2) is 9.84 Å². The number of amides is 1. The van der Waals surface area contributed by atoms with Crippen LogP contribution in [0.4, 0.5) is 0 Å². The van der Waals surface area contributed by atoms with Crippen LogP contribution in [-0.2, 0) is 22.0 Å². The summed E-state index contributed by atoms with van der Waals surface area (Å²) in [7, 11) is -3.17. The summed E-state index contributed by atoms with van der Waals surface area (Å²) in [4.78, 5) is 17.1. The molecule has 0 aliphatic carbocycles. The highest BCUT2D eigenvalue weighted by Crippen LogP contribution is 2.18. The van der Waals surface area contributed by atoms with Gasteiger partial charge in [-0.3, -0.25) is 4.79 Å². The molecular formula is C17H22N2O3S2. The van der Waals surface area contributed by atoms with Crippen LogP contribution in [0.15, 0.2) is 30.3 Å². The van der Waals surface area contributed by atoms with Crippen molar-refractivity contribution < 1.29 is 13.2 Å². The lowest BCUT2D eigenvalue weighted by Gasteiger charge is -2.06. The summed E-state index contributed by atoms with van der Waals surface area (Å²) in [6.45, 7) is 4.15. The lowest BCUT2D eigenvalue weighted by atomic mass is 10.2. The average Bonchev–Trinajstić information content (AvgIpc) is 2.93. The smallest absolute Gasteiger partial charge is 0.263 e. The molecular weight excluding hydrogens is 344 g/mol. The summed E-state index contributed by atoms with van der Waals surface area (Å²) >= 11 is 1.39. The first-order chi connectivity index (χ1) is 11.4. The molecule has 1 aromatic heterocycles. The highest BCUT2D eigenvalue weighted by Gasteiger charge is 2.15. The summed E-state index contributed by atoms with van der Waals surface area (Å²) in [6.07, 6.45) is 1.20. The fourth-order valence-corrected chi connectivity index (χ4v) is 4.64. The minimum atomic E-state index is -3.17. The number of hydrogen-bond donors (Lipinski definition) is 1. The van der Waals surface area contributed by atoms with E-state index in [0.29, 0.717) is 17.8 Å². The van der Waals surface area contributed by atoms with Crippen molar-refractivity contribution in [2.45, 2.75) is 32.4 Å². The molecule has 0 saturated carbocycles. The van der Waals surface area contributed by atoms with E-state index in [4.69, 9.17) is 0 Å². The molecule has 5 nitrogen and oxygen atoms in total. The summed E-state index contributed by atoms with van der Waals surface area (Å²) in [5.74, 6) is -0.0789. The van der Waals surface area contributed by atoms with Crippen molar-refractivity contribution >= 4 is 27.1 Å². The molecule has 24 heavy (non-hydrogen) atoms. The molecule has 1 amide bonds. The van der Waals surface area contributed by atoms with Crippen LogP contribution in [0.3, 0.4) is 0 Å². The van der Waals surface area contributed by atoms with Crippen molar-refractivity contribution in [1.82, 2.24) is 10.3 Å². The van der Waals surface area contributed by atoms with Crippen LogP contribution in [0.2, 0.25) is 0 Å². The molecule has 0 unspecified atom stereocenters. The van der Waals surface area contributed by atoms with E-state index in [9.17, 15) is 13.2 Å². The molecule has 2 rings (SSSR count). The maximum Gasteiger partial charge on any atom is 0.263 e. The van der Waals surface area contributed by atoms with Crippen molar-refractivity contribution in [3.63, 3.8) is 0 Å². The van der Waals surface area contributed by atoms with Gasteiger partial charge in [0, 0.05) is 6.54 Å². The molecule has 0 atom stereocenters. The first-order valence-corrected chi connectivity index (χ1v) is 10.5. The standard InChI is InChI=1S/C17H22N2O3S2/c1-3-15-19-13(2)16(23-15)17(20)18-10-7-11-24(21,22)12-14-8-5-4-6-9-14/h4-6,8-9H,3,7,10-12H2,1-2H3,(H,18,20). The SMILES string of the molecule is CCc1nc(C)c(C(=O)NCCCS(=O)(=O)Cc2ccccc2)s1. The van der Waals surface area contributed by atoms with Crippen LogP contribution in [0, 0.1) is 6.92 Å². The third-order valence-electron chi connectivity index (χ3n) is 3.50. The Morgan fingerprint density at radius 3 is 2.58 bits per heavy atom. The van der Waals surface area contributed by atoms with E-state index in [-0.39, 0.29) is 17.4 Å². The summed E-state index contributed by atoms with van der Waals surface area (Å²) < 4.78 is 24.2. The molecule has 0 saturated heterocycles. The van der Waals surface area contributed by atoms with Gasteiger partial charge in [0.2, 0.25) is 0 Å². The lowest BCUT2D eigenvalue weighted by molar-refractivity contribution is 0.0957. The number of nitrogens with one attached hydrogen (secondary N) is 1. The number of benzene rings is 1. The molecule has 130 valence electrons. The van der Waals surface area contributed by atoms with E-state index in [1.54, 1.807) is 12.1 Å². The topological polar surface area (TPSA) is 76.1 Å². The Bertz CT molecular complexity index is 783. The predicted octanol–water partition coefficient (Wildman–Crippen LogP) is 2.75. The van der Waals surface area contributed by atoms with Gasteiger partial charge < -0.3 is 5.32 Å². The number of thiazole rings is 1. The number of aromatic nitrogens is 1. The summed E-state index contributed by atoms with van der Waals surface area (Å²) in [5, 5.41) is 3.71. The minimum absolute atomic E-state index is 0.0373. The second-order valence-corrected chi connectivity index (χ2v) is 8.83. The van der Waals surface area contributed by atoms with E-state index in [0.717, 1.165) is 22.7 Å². The van der Waals surface area contributed by atoms with Crippen molar-refractivity contribution in [3.05, 3.63) is 51.5 Å². The Morgan fingerprint density at radius 2 is 1.96 bits per heavy atom. The van der Waals surface area contributed by atoms with Crippen molar-refractivity contribution in [3.8, 4) is 0 Å². The maximum atomic E-state index is 12.1. The number of hydrogen-bond acceptors (Lipinski definition) is 5. The van der Waals surface area contributed by atoms with E-state index < -0.39 is 9.84 Å². The van der Waals surface area contributed by atoms with Gasteiger partial charge >= 0.3 is 0 Å². The number of nitrogens with zero attached hydrogens (tertiary/aromatic N) is 1. The Balaban J connectivity index is 1.79. The van der Waals surface area contributed by atoms with Crippen molar-refractivity contribution in [1.29, 1.82) is 0 Å². The van der Waals surface area contributed by atoms with Crippen LogP contribution in [0.1, 0.15) is 39.3 Å². The molecule has 0 bridgehead atoms. The van der Waals surface area contributed by atoms with Gasteiger partial charge in [0.25, 0.3) is 5.91 Å². The minimum Gasteiger partial charge on any atom is -0.351 e. The molecule has 0 fully saturated rings. The number of carbonyl (C=O) groups is 1. The first-order valence-electron chi connectivity index (χ1n) is 7.90. The lowest BCUT2D eigenvalue weighted by Crippen LogP contribution is -2.26. The Kier molecular flexibility index (Phi) is 6.51. The first kappa shape index (κ1) is 18.6. The predicted molar refractivity (Wildman–Crippen MR) is 97.1 cm³/mol. The van der Waals surface area contributed by atoms with Gasteiger partial charge in [-0.05, 0) is 25.3 Å². The number of sulfone groups is 1. The van der Waals surface area contributed by atoms with E-state index in [1.807, 2.05) is 32.0 Å². The molecule has 7 heteroatoms. The Labute approximate surface area is 147 Å². The number of carbonyl (C=O) groups excluding carboxylic acids is 1. The quantitative estimate of drug-likeness (QED) is 0.729. The molecule has 1 aromatic carbocycles. The molecule has 0 aliphatic rings. The van der Waals surface area contributed by atoms with Crippen LogP contribution in [0.25, 0.3) is 0 Å².